The molecule has 3 rings (SSSR count). The monoisotopic (exact) mass is 283 g/mol. The van der Waals surface area contributed by atoms with E-state index < -0.39 is 0 Å². The van der Waals surface area contributed by atoms with Crippen LogP contribution in [-0.2, 0) is 0 Å². The lowest BCUT2D eigenvalue weighted by Gasteiger charge is -2.25. The van der Waals surface area contributed by atoms with E-state index in [4.69, 9.17) is 4.74 Å². The second-order valence-electron chi connectivity index (χ2n) is 5.02. The molecule has 5 heteroatoms. The maximum Gasteiger partial charge on any atom is 0.274 e. The molecule has 1 amide bonds. The summed E-state index contributed by atoms with van der Waals surface area (Å²) in [4.78, 5) is 22.5. The maximum atomic E-state index is 12.6. The number of nitrogens with zero attached hydrogens (tertiary/aromatic N) is 3. The molecule has 1 unspecified atom stereocenters. The summed E-state index contributed by atoms with van der Waals surface area (Å²) in [6, 6.07) is 7.97. The molecule has 1 saturated heterocycles. The van der Waals surface area contributed by atoms with Crippen LogP contribution in [0.2, 0.25) is 0 Å². The Hall–Kier alpha value is -2.43. The second kappa shape index (κ2) is 5.91. The second-order valence-corrected chi connectivity index (χ2v) is 5.02. The van der Waals surface area contributed by atoms with E-state index in [0.717, 1.165) is 30.7 Å². The number of amides is 1. The first kappa shape index (κ1) is 13.5. The number of aromatic nitrogens is 2. The molecule has 21 heavy (non-hydrogen) atoms. The van der Waals surface area contributed by atoms with Gasteiger partial charge in [-0.2, -0.15) is 0 Å². The Morgan fingerprint density at radius 2 is 2.29 bits per heavy atom. The molecule has 0 spiro atoms. The van der Waals surface area contributed by atoms with Gasteiger partial charge in [-0.15, -0.1) is 0 Å². The van der Waals surface area contributed by atoms with Gasteiger partial charge in [0.2, 0.25) is 0 Å². The van der Waals surface area contributed by atoms with Crippen molar-refractivity contribution in [1.82, 2.24) is 14.9 Å². The third kappa shape index (κ3) is 2.72. The highest BCUT2D eigenvalue weighted by molar-refractivity contribution is 5.92. The minimum absolute atomic E-state index is 0.0616. The first-order valence-electron chi connectivity index (χ1n) is 7.00. The third-order valence-electron chi connectivity index (χ3n) is 3.77. The zero-order valence-electron chi connectivity index (χ0n) is 11.9. The number of ether oxygens (including phenoxy) is 1. The number of carbonyl (C=O) groups excluding carboxylic acids is 1. The number of methoxy groups -OCH3 is 1. The maximum absolute atomic E-state index is 12.6. The van der Waals surface area contributed by atoms with E-state index in [9.17, 15) is 4.79 Å². The molecule has 0 aliphatic carbocycles. The van der Waals surface area contributed by atoms with Gasteiger partial charge >= 0.3 is 0 Å². The molecule has 2 heterocycles. The Balaban J connectivity index is 1.87. The van der Waals surface area contributed by atoms with Crippen LogP contribution < -0.4 is 4.74 Å². The standard InChI is InChI=1S/C16H17N3O2/c1-21-13-5-2-4-12(10-13)15-6-3-9-19(15)16(20)14-11-17-7-8-18-14/h2,4-5,7-8,10-11,15H,3,6,9H2,1H3. The van der Waals surface area contributed by atoms with E-state index in [-0.39, 0.29) is 11.9 Å². The Bertz CT molecular complexity index is 630. The quantitative estimate of drug-likeness (QED) is 0.868. The first-order chi connectivity index (χ1) is 10.3. The molecule has 1 atom stereocenters. The lowest BCUT2D eigenvalue weighted by atomic mass is 10.0. The zero-order valence-corrected chi connectivity index (χ0v) is 11.9. The van der Waals surface area contributed by atoms with Crippen molar-refractivity contribution in [3.8, 4) is 5.75 Å². The molecule has 0 bridgehead atoms. The van der Waals surface area contributed by atoms with Gasteiger partial charge in [0.15, 0.2) is 0 Å². The SMILES string of the molecule is COc1cccc(C2CCCN2C(=O)c2cnccn2)c1. The fourth-order valence-electron chi connectivity index (χ4n) is 2.76. The van der Waals surface area contributed by atoms with E-state index >= 15 is 0 Å². The van der Waals surface area contributed by atoms with Crippen molar-refractivity contribution in [3.63, 3.8) is 0 Å². The smallest absolute Gasteiger partial charge is 0.274 e. The minimum atomic E-state index is -0.0616. The van der Waals surface area contributed by atoms with Crippen LogP contribution in [0.15, 0.2) is 42.9 Å². The first-order valence-corrected chi connectivity index (χ1v) is 7.00. The summed E-state index contributed by atoms with van der Waals surface area (Å²) >= 11 is 0. The molecule has 1 aromatic heterocycles. The average Bonchev–Trinajstić information content (AvgIpc) is 3.04. The molecule has 1 aliphatic rings. The third-order valence-corrected chi connectivity index (χ3v) is 3.77. The lowest BCUT2D eigenvalue weighted by molar-refractivity contribution is 0.0729. The Morgan fingerprint density at radius 1 is 1.38 bits per heavy atom. The topological polar surface area (TPSA) is 55.3 Å². The number of rotatable bonds is 3. The number of hydrogen-bond acceptors (Lipinski definition) is 4. The van der Waals surface area contributed by atoms with Crippen LogP contribution in [0, 0.1) is 0 Å². The Labute approximate surface area is 123 Å². The molecule has 2 aromatic rings. The van der Waals surface area contributed by atoms with Crippen molar-refractivity contribution in [2.24, 2.45) is 0 Å². The number of likely N-dealkylation sites (tertiary alicyclic amines) is 1. The highest BCUT2D eigenvalue weighted by atomic mass is 16.5. The fourth-order valence-corrected chi connectivity index (χ4v) is 2.76. The van der Waals surface area contributed by atoms with Gasteiger partial charge in [-0.1, -0.05) is 12.1 Å². The Morgan fingerprint density at radius 3 is 3.05 bits per heavy atom. The Kier molecular flexibility index (Phi) is 3.81. The van der Waals surface area contributed by atoms with Gasteiger partial charge in [0.05, 0.1) is 19.3 Å². The molecule has 108 valence electrons. The minimum Gasteiger partial charge on any atom is -0.497 e. The predicted octanol–water partition coefficient (Wildman–Crippen LogP) is 2.46. The average molecular weight is 283 g/mol. The van der Waals surface area contributed by atoms with E-state index in [1.807, 2.05) is 29.2 Å². The summed E-state index contributed by atoms with van der Waals surface area (Å²) in [5.74, 6) is 0.750. The van der Waals surface area contributed by atoms with Gasteiger partial charge in [-0.05, 0) is 30.5 Å². The molecule has 0 radical (unpaired) electrons. The van der Waals surface area contributed by atoms with Crippen molar-refractivity contribution in [2.75, 3.05) is 13.7 Å². The summed E-state index contributed by atoms with van der Waals surface area (Å²) in [6.07, 6.45) is 6.58. The highest BCUT2D eigenvalue weighted by Crippen LogP contribution is 2.34. The summed E-state index contributed by atoms with van der Waals surface area (Å²) in [6.45, 7) is 0.747. The van der Waals surface area contributed by atoms with Crippen LogP contribution in [0.25, 0.3) is 0 Å². The van der Waals surface area contributed by atoms with Gasteiger partial charge in [-0.25, -0.2) is 4.98 Å². The normalized spacial score (nSPS) is 17.8. The molecule has 1 aliphatic heterocycles. The van der Waals surface area contributed by atoms with Crippen molar-refractivity contribution < 1.29 is 9.53 Å². The van der Waals surface area contributed by atoms with E-state index in [0.29, 0.717) is 5.69 Å². The highest BCUT2D eigenvalue weighted by Gasteiger charge is 2.31. The molecule has 5 nitrogen and oxygen atoms in total. The van der Waals surface area contributed by atoms with Crippen molar-refractivity contribution >= 4 is 5.91 Å². The number of hydrogen-bond donors (Lipinski definition) is 0. The van der Waals surface area contributed by atoms with Crippen LogP contribution in [0.4, 0.5) is 0 Å². The van der Waals surface area contributed by atoms with Crippen LogP contribution in [-0.4, -0.2) is 34.4 Å². The van der Waals surface area contributed by atoms with Crippen LogP contribution >= 0.6 is 0 Å². The van der Waals surface area contributed by atoms with Gasteiger partial charge in [0, 0.05) is 18.9 Å². The molecule has 1 fully saturated rings. The van der Waals surface area contributed by atoms with Gasteiger partial charge in [0.25, 0.3) is 5.91 Å². The van der Waals surface area contributed by atoms with Gasteiger partial charge in [-0.3, -0.25) is 9.78 Å². The summed E-state index contributed by atoms with van der Waals surface area (Å²) in [7, 11) is 1.65. The lowest BCUT2D eigenvalue weighted by Crippen LogP contribution is -2.31. The van der Waals surface area contributed by atoms with Crippen molar-refractivity contribution in [3.05, 3.63) is 54.1 Å². The largest absolute Gasteiger partial charge is 0.497 e. The van der Waals surface area contributed by atoms with Crippen LogP contribution in [0.5, 0.6) is 5.75 Å². The summed E-state index contributed by atoms with van der Waals surface area (Å²) in [5.41, 5.74) is 1.50. The molecule has 0 saturated carbocycles. The molecule has 1 aromatic carbocycles. The van der Waals surface area contributed by atoms with Crippen LogP contribution in [0.1, 0.15) is 34.9 Å². The predicted molar refractivity (Wildman–Crippen MR) is 78.0 cm³/mol. The van der Waals surface area contributed by atoms with E-state index in [1.165, 1.54) is 6.20 Å². The number of benzene rings is 1. The molecular formula is C16H17N3O2. The van der Waals surface area contributed by atoms with Crippen molar-refractivity contribution in [2.45, 2.75) is 18.9 Å². The van der Waals surface area contributed by atoms with Gasteiger partial charge < -0.3 is 9.64 Å². The summed E-state index contributed by atoms with van der Waals surface area (Å²) < 4.78 is 5.27. The number of carbonyl (C=O) groups is 1. The zero-order chi connectivity index (χ0) is 14.7. The summed E-state index contributed by atoms with van der Waals surface area (Å²) in [5, 5.41) is 0. The van der Waals surface area contributed by atoms with Crippen molar-refractivity contribution in [1.29, 1.82) is 0 Å². The van der Waals surface area contributed by atoms with Gasteiger partial charge in [0.1, 0.15) is 11.4 Å². The fraction of sp³-hybridized carbons (Fsp3) is 0.312. The van der Waals surface area contributed by atoms with E-state index in [2.05, 4.69) is 9.97 Å². The molecule has 0 N–H and O–H groups in total. The van der Waals surface area contributed by atoms with E-state index in [1.54, 1.807) is 19.5 Å². The molecular weight excluding hydrogens is 266 g/mol. The van der Waals surface area contributed by atoms with Crippen LogP contribution in [0.3, 0.4) is 0 Å².